The predicted octanol–water partition coefficient (Wildman–Crippen LogP) is 2.29. The molecule has 0 bridgehead atoms. The molecule has 0 spiro atoms. The van der Waals surface area contributed by atoms with Crippen LogP contribution in [0.15, 0.2) is 27.8 Å². The molecular weight excluding hydrogens is 306 g/mol. The van der Waals surface area contributed by atoms with Crippen LogP contribution in [0.2, 0.25) is 0 Å². The second kappa shape index (κ2) is 5.41. The van der Waals surface area contributed by atoms with Crippen molar-refractivity contribution >= 4 is 38.7 Å². The molecule has 0 unspecified atom stereocenters. The van der Waals surface area contributed by atoms with Gasteiger partial charge in [-0.25, -0.2) is 17.9 Å². The van der Waals surface area contributed by atoms with Gasteiger partial charge in [0.2, 0.25) is 10.0 Å². The summed E-state index contributed by atoms with van der Waals surface area (Å²) in [7, 11) is -3.66. The van der Waals surface area contributed by atoms with Crippen molar-refractivity contribution in [2.75, 3.05) is 0 Å². The number of nitrogens with one attached hydrogen (secondary N) is 1. The topological polar surface area (TPSA) is 83.5 Å². The highest BCUT2D eigenvalue weighted by Crippen LogP contribution is 2.26. The van der Waals surface area contributed by atoms with E-state index in [4.69, 9.17) is 5.11 Å². The zero-order valence-electron chi connectivity index (χ0n) is 9.91. The third-order valence-electron chi connectivity index (χ3n) is 2.37. The number of hydrogen-bond acceptors (Lipinski definition) is 5. The molecule has 5 nitrogen and oxygen atoms in total. The van der Waals surface area contributed by atoms with Crippen LogP contribution in [0.3, 0.4) is 0 Å². The molecule has 0 aliphatic heterocycles. The maximum Gasteiger partial charge on any atom is 0.346 e. The molecule has 2 rings (SSSR count). The highest BCUT2D eigenvalue weighted by atomic mass is 32.2. The Morgan fingerprint density at radius 2 is 2.21 bits per heavy atom. The molecule has 19 heavy (non-hydrogen) atoms. The minimum absolute atomic E-state index is 0.0268. The Morgan fingerprint density at radius 1 is 1.47 bits per heavy atom. The predicted molar refractivity (Wildman–Crippen MR) is 74.4 cm³/mol. The average molecular weight is 317 g/mol. The summed E-state index contributed by atoms with van der Waals surface area (Å²) in [6.07, 6.45) is 0. The van der Waals surface area contributed by atoms with Crippen LogP contribution in [0.25, 0.3) is 0 Å². The normalized spacial score (nSPS) is 11.6. The maximum absolute atomic E-state index is 12.0. The zero-order chi connectivity index (χ0) is 14.0. The quantitative estimate of drug-likeness (QED) is 0.886. The molecule has 2 aromatic rings. The number of sulfonamides is 1. The zero-order valence-corrected chi connectivity index (χ0v) is 12.4. The Kier molecular flexibility index (Phi) is 4.04. The van der Waals surface area contributed by atoms with Crippen molar-refractivity contribution in [1.29, 1.82) is 0 Å². The van der Waals surface area contributed by atoms with Gasteiger partial charge in [-0.3, -0.25) is 0 Å². The molecule has 0 fully saturated rings. The number of carbonyl (C=O) groups is 1. The molecule has 8 heteroatoms. The summed E-state index contributed by atoms with van der Waals surface area (Å²) in [6, 6.07) is 5.05. The molecule has 0 amide bonds. The maximum atomic E-state index is 12.0. The van der Waals surface area contributed by atoms with Gasteiger partial charge in [0.05, 0.1) is 0 Å². The summed E-state index contributed by atoms with van der Waals surface area (Å²) in [5.74, 6) is -1.11. The van der Waals surface area contributed by atoms with Gasteiger partial charge in [0.25, 0.3) is 0 Å². The largest absolute Gasteiger partial charge is 0.477 e. The van der Waals surface area contributed by atoms with E-state index < -0.39 is 16.0 Å². The van der Waals surface area contributed by atoms with E-state index >= 15 is 0 Å². The van der Waals surface area contributed by atoms with Gasteiger partial charge in [-0.1, -0.05) is 6.07 Å². The number of carboxylic acid groups (broad SMARTS) is 1. The van der Waals surface area contributed by atoms with E-state index in [1.807, 2.05) is 17.5 Å². The summed E-state index contributed by atoms with van der Waals surface area (Å²) >= 11 is 2.22. The van der Waals surface area contributed by atoms with E-state index in [9.17, 15) is 13.2 Å². The second-order valence-corrected chi connectivity index (χ2v) is 7.86. The Labute approximate surface area is 118 Å². The standard InChI is InChI=1S/C11H11NO4S3/c1-7-5-9(18-10(7)11(13)14)19(15,16)12-6-8-3-2-4-17-8/h2-5,12H,6H2,1H3,(H,13,14). The van der Waals surface area contributed by atoms with Crippen LogP contribution >= 0.6 is 22.7 Å². The number of thiophene rings is 2. The van der Waals surface area contributed by atoms with Crippen molar-refractivity contribution in [2.24, 2.45) is 0 Å². The molecule has 0 saturated heterocycles. The summed E-state index contributed by atoms with van der Waals surface area (Å²) in [5.41, 5.74) is 0.453. The third-order valence-corrected chi connectivity index (χ3v) is 6.35. The van der Waals surface area contributed by atoms with Crippen molar-refractivity contribution in [3.8, 4) is 0 Å². The van der Waals surface area contributed by atoms with Crippen molar-refractivity contribution in [3.05, 3.63) is 38.9 Å². The van der Waals surface area contributed by atoms with Crippen molar-refractivity contribution in [3.63, 3.8) is 0 Å². The van der Waals surface area contributed by atoms with Gasteiger partial charge in [0.1, 0.15) is 9.09 Å². The van der Waals surface area contributed by atoms with Crippen LogP contribution in [0.5, 0.6) is 0 Å². The van der Waals surface area contributed by atoms with Crippen LogP contribution in [0.4, 0.5) is 0 Å². The number of aromatic carboxylic acids is 1. The van der Waals surface area contributed by atoms with Crippen LogP contribution < -0.4 is 4.72 Å². The molecule has 0 aromatic carbocycles. The molecule has 0 aliphatic rings. The van der Waals surface area contributed by atoms with E-state index in [0.29, 0.717) is 5.56 Å². The van der Waals surface area contributed by atoms with Gasteiger partial charge in [-0.15, -0.1) is 22.7 Å². The number of rotatable bonds is 5. The first-order valence-corrected chi connectivity index (χ1v) is 8.44. The van der Waals surface area contributed by atoms with Crippen molar-refractivity contribution < 1.29 is 18.3 Å². The van der Waals surface area contributed by atoms with E-state index in [0.717, 1.165) is 16.2 Å². The number of aryl methyl sites for hydroxylation is 1. The highest BCUT2D eigenvalue weighted by Gasteiger charge is 2.21. The fourth-order valence-electron chi connectivity index (χ4n) is 1.45. The van der Waals surface area contributed by atoms with Crippen LogP contribution in [0.1, 0.15) is 20.1 Å². The lowest BCUT2D eigenvalue weighted by molar-refractivity contribution is 0.0701. The first kappa shape index (κ1) is 14.2. The minimum atomic E-state index is -3.66. The Hall–Kier alpha value is -1.22. The molecule has 0 aliphatic carbocycles. The van der Waals surface area contributed by atoms with Crippen LogP contribution in [-0.4, -0.2) is 19.5 Å². The summed E-state index contributed by atoms with van der Waals surface area (Å²) in [6.45, 7) is 1.79. The summed E-state index contributed by atoms with van der Waals surface area (Å²) < 4.78 is 26.5. The van der Waals surface area contributed by atoms with E-state index in [1.165, 1.54) is 17.4 Å². The van der Waals surface area contributed by atoms with E-state index in [2.05, 4.69) is 4.72 Å². The van der Waals surface area contributed by atoms with Crippen LogP contribution in [0, 0.1) is 6.92 Å². The molecule has 2 aromatic heterocycles. The first-order chi connectivity index (χ1) is 8.90. The lowest BCUT2D eigenvalue weighted by atomic mass is 10.3. The Morgan fingerprint density at radius 3 is 2.74 bits per heavy atom. The van der Waals surface area contributed by atoms with Gasteiger partial charge in [-0.05, 0) is 30.0 Å². The van der Waals surface area contributed by atoms with Gasteiger partial charge in [0, 0.05) is 11.4 Å². The fraction of sp³-hybridized carbons (Fsp3) is 0.182. The Balaban J connectivity index is 2.20. The third kappa shape index (κ3) is 3.21. The van der Waals surface area contributed by atoms with Gasteiger partial charge < -0.3 is 5.11 Å². The fourth-order valence-corrected chi connectivity index (χ4v) is 4.61. The van der Waals surface area contributed by atoms with E-state index in [1.54, 1.807) is 6.92 Å². The smallest absolute Gasteiger partial charge is 0.346 e. The average Bonchev–Trinajstić information content (AvgIpc) is 2.95. The highest BCUT2D eigenvalue weighted by molar-refractivity contribution is 7.91. The Bertz CT molecular complexity index is 686. The minimum Gasteiger partial charge on any atom is -0.477 e. The molecule has 0 radical (unpaired) electrons. The molecule has 2 heterocycles. The molecule has 102 valence electrons. The van der Waals surface area contributed by atoms with Crippen molar-refractivity contribution in [1.82, 2.24) is 4.72 Å². The van der Waals surface area contributed by atoms with Gasteiger partial charge >= 0.3 is 5.97 Å². The monoisotopic (exact) mass is 317 g/mol. The molecule has 0 atom stereocenters. The van der Waals surface area contributed by atoms with Crippen molar-refractivity contribution in [2.45, 2.75) is 17.7 Å². The summed E-state index contributed by atoms with van der Waals surface area (Å²) in [4.78, 5) is 11.9. The molecular formula is C11H11NO4S3. The SMILES string of the molecule is Cc1cc(S(=O)(=O)NCc2cccs2)sc1C(=O)O. The molecule has 0 saturated carbocycles. The second-order valence-electron chi connectivity index (χ2n) is 3.79. The van der Waals surface area contributed by atoms with Gasteiger partial charge in [-0.2, -0.15) is 0 Å². The van der Waals surface area contributed by atoms with Crippen LogP contribution in [-0.2, 0) is 16.6 Å². The number of carboxylic acids is 1. The first-order valence-electron chi connectivity index (χ1n) is 5.26. The lowest BCUT2D eigenvalue weighted by Crippen LogP contribution is -2.21. The molecule has 2 N–H and O–H groups in total. The number of hydrogen-bond donors (Lipinski definition) is 2. The lowest BCUT2D eigenvalue weighted by Gasteiger charge is -2.02. The summed E-state index contributed by atoms with van der Waals surface area (Å²) in [5, 5.41) is 10.8. The van der Waals surface area contributed by atoms with E-state index in [-0.39, 0.29) is 15.6 Å². The van der Waals surface area contributed by atoms with Gasteiger partial charge in [0.15, 0.2) is 0 Å².